The number of nitrogens with one attached hydrogen (secondary N) is 1. The van der Waals surface area contributed by atoms with Gasteiger partial charge in [0.25, 0.3) is 5.91 Å². The fraction of sp³-hybridized carbons (Fsp3) is 0. The van der Waals surface area contributed by atoms with Gasteiger partial charge in [0.15, 0.2) is 5.95 Å². The Bertz CT molecular complexity index is 233. The number of carbonyl (C=O) groups is 1. The van der Waals surface area contributed by atoms with Gasteiger partial charge in [0, 0.05) is 0 Å². The third-order valence-electron chi connectivity index (χ3n) is 0.861. The number of nitrogen functional groups attached to an aromatic ring is 1. The Kier molecular flexibility index (Phi) is 2.69. The van der Waals surface area contributed by atoms with Crippen LogP contribution in [0.25, 0.3) is 0 Å². The highest BCUT2D eigenvalue weighted by Crippen LogP contribution is 1.94. The summed E-state index contributed by atoms with van der Waals surface area (Å²) in [4.78, 5) is 16.3. The number of primary amides is 1. The summed E-state index contributed by atoms with van der Waals surface area (Å²) in [6, 6.07) is 0. The normalized spacial score (nSPS) is 8.40. The molecule has 1 rings (SSSR count). The number of aromatic nitrogens is 2. The number of hydrogen-bond donors (Lipinski definition) is 3. The average Bonchev–Trinajstić information content (AvgIpc) is 2.14. The van der Waals surface area contributed by atoms with E-state index in [0.717, 1.165) is 0 Å². The molecule has 0 spiro atoms. The molecule has 0 bridgehead atoms. The van der Waals surface area contributed by atoms with Gasteiger partial charge in [-0.3, -0.25) is 4.79 Å². The molecule has 0 aliphatic heterocycles. The Morgan fingerprint density at radius 2 is 2.30 bits per heavy atom. The van der Waals surface area contributed by atoms with E-state index in [1.807, 2.05) is 0 Å². The van der Waals surface area contributed by atoms with Crippen molar-refractivity contribution in [3.63, 3.8) is 0 Å². The molecule has 56 valence electrons. The number of halogens is 1. The maximum atomic E-state index is 10.3. The smallest absolute Gasteiger partial charge is 0.266 e. The number of H-pyrrole nitrogens is 1. The highest BCUT2D eigenvalue weighted by molar-refractivity contribution is 5.90. The van der Waals surface area contributed by atoms with Crippen LogP contribution in [0.2, 0.25) is 0 Å². The van der Waals surface area contributed by atoms with E-state index in [-0.39, 0.29) is 24.0 Å². The van der Waals surface area contributed by atoms with Crippen molar-refractivity contribution in [3.8, 4) is 0 Å². The van der Waals surface area contributed by atoms with Gasteiger partial charge in [-0.2, -0.15) is 0 Å². The van der Waals surface area contributed by atoms with Gasteiger partial charge in [0.05, 0.1) is 6.20 Å². The maximum Gasteiger partial charge on any atom is 0.266 e. The quantitative estimate of drug-likeness (QED) is 0.520. The number of nitrogens with two attached hydrogens (primary N) is 2. The van der Waals surface area contributed by atoms with Crippen LogP contribution in [0, 0.1) is 0 Å². The van der Waals surface area contributed by atoms with Crippen LogP contribution in [0.15, 0.2) is 6.20 Å². The molecule has 1 aromatic rings. The van der Waals surface area contributed by atoms with E-state index in [0.29, 0.717) is 0 Å². The molecule has 0 radical (unpaired) electrons. The minimum absolute atomic E-state index is 0. The number of carbonyl (C=O) groups excluding carboxylic acids is 1. The molecule has 0 saturated carbocycles. The van der Waals surface area contributed by atoms with E-state index in [4.69, 9.17) is 11.5 Å². The van der Waals surface area contributed by atoms with E-state index < -0.39 is 5.91 Å². The first-order valence-electron chi connectivity index (χ1n) is 2.30. The summed E-state index contributed by atoms with van der Waals surface area (Å²) in [5.74, 6) is -0.358. The highest BCUT2D eigenvalue weighted by atomic mass is 35.5. The average molecular weight is 163 g/mol. The van der Waals surface area contributed by atoms with E-state index >= 15 is 0 Å². The molecule has 5 nitrogen and oxygen atoms in total. The summed E-state index contributed by atoms with van der Waals surface area (Å²) < 4.78 is 0. The summed E-state index contributed by atoms with van der Waals surface area (Å²) in [6.45, 7) is 0. The summed E-state index contributed by atoms with van der Waals surface area (Å²) in [5.41, 5.74) is 10.2. The first-order valence-corrected chi connectivity index (χ1v) is 2.30. The first kappa shape index (κ1) is 8.77. The molecule has 1 heterocycles. The molecular formula is C4H7ClN4O. The van der Waals surface area contributed by atoms with Gasteiger partial charge in [-0.1, -0.05) is 0 Å². The second kappa shape index (κ2) is 3.07. The zero-order chi connectivity index (χ0) is 6.85. The Morgan fingerprint density at radius 1 is 1.70 bits per heavy atom. The Hall–Kier alpha value is -1.23. The van der Waals surface area contributed by atoms with Gasteiger partial charge < -0.3 is 16.5 Å². The standard InChI is InChI=1S/C4H6N4O.ClH/c5-3(9)2-1-7-4(6)8-2;/h1H,(H2,5,9)(H3,6,7,8);1H. The fourth-order valence-corrected chi connectivity index (χ4v) is 0.462. The minimum atomic E-state index is -0.556. The lowest BCUT2D eigenvalue weighted by Gasteiger charge is -1.82. The van der Waals surface area contributed by atoms with Crippen molar-refractivity contribution in [1.82, 2.24) is 9.97 Å². The number of nitrogens with zero attached hydrogens (tertiary/aromatic N) is 1. The lowest BCUT2D eigenvalue weighted by molar-refractivity contribution is 0.0996. The van der Waals surface area contributed by atoms with E-state index in [1.54, 1.807) is 0 Å². The SMILES string of the molecule is Cl.NC(=O)c1cnc(N)[nH]1. The predicted octanol–water partition coefficient (Wildman–Crippen LogP) is -0.487. The molecule has 0 aliphatic rings. The van der Waals surface area contributed by atoms with Crippen LogP contribution in [-0.4, -0.2) is 15.9 Å². The van der Waals surface area contributed by atoms with Gasteiger partial charge in [-0.05, 0) is 0 Å². The van der Waals surface area contributed by atoms with Crippen molar-refractivity contribution in [3.05, 3.63) is 11.9 Å². The highest BCUT2D eigenvalue weighted by Gasteiger charge is 2.00. The number of anilines is 1. The topological polar surface area (TPSA) is 97.8 Å². The predicted molar refractivity (Wildman–Crippen MR) is 38.8 cm³/mol. The van der Waals surface area contributed by atoms with Crippen molar-refractivity contribution in [2.75, 3.05) is 5.73 Å². The molecule has 0 atom stereocenters. The van der Waals surface area contributed by atoms with Gasteiger partial charge in [-0.15, -0.1) is 12.4 Å². The summed E-state index contributed by atoms with van der Waals surface area (Å²) in [7, 11) is 0. The molecule has 6 heteroatoms. The van der Waals surface area contributed by atoms with Gasteiger partial charge in [0.2, 0.25) is 0 Å². The van der Waals surface area contributed by atoms with Crippen LogP contribution in [0.1, 0.15) is 10.5 Å². The van der Waals surface area contributed by atoms with Crippen LogP contribution < -0.4 is 11.5 Å². The van der Waals surface area contributed by atoms with Crippen molar-refractivity contribution in [2.45, 2.75) is 0 Å². The summed E-state index contributed by atoms with van der Waals surface area (Å²) in [6.07, 6.45) is 1.29. The molecule has 0 fully saturated rings. The number of rotatable bonds is 1. The number of amides is 1. The maximum absolute atomic E-state index is 10.3. The second-order valence-corrected chi connectivity index (χ2v) is 1.55. The number of aromatic amines is 1. The third-order valence-corrected chi connectivity index (χ3v) is 0.861. The molecule has 5 N–H and O–H groups in total. The zero-order valence-corrected chi connectivity index (χ0v) is 5.81. The monoisotopic (exact) mass is 162 g/mol. The molecule has 0 aromatic carbocycles. The minimum Gasteiger partial charge on any atom is -0.369 e. The van der Waals surface area contributed by atoms with Gasteiger partial charge >= 0.3 is 0 Å². The van der Waals surface area contributed by atoms with E-state index in [2.05, 4.69) is 9.97 Å². The number of hydrogen-bond acceptors (Lipinski definition) is 3. The third kappa shape index (κ3) is 1.63. The molecule has 0 unspecified atom stereocenters. The zero-order valence-electron chi connectivity index (χ0n) is 5.00. The second-order valence-electron chi connectivity index (χ2n) is 1.55. The van der Waals surface area contributed by atoms with Crippen molar-refractivity contribution < 1.29 is 4.79 Å². The Balaban J connectivity index is 0.000000810. The summed E-state index contributed by atoms with van der Waals surface area (Å²) >= 11 is 0. The van der Waals surface area contributed by atoms with E-state index in [1.165, 1.54) is 6.20 Å². The molecule has 10 heavy (non-hydrogen) atoms. The molecular weight excluding hydrogens is 156 g/mol. The molecule has 1 aromatic heterocycles. The fourth-order valence-electron chi connectivity index (χ4n) is 0.462. The Labute approximate surface area is 63.2 Å². The molecule has 0 saturated heterocycles. The molecule has 1 amide bonds. The van der Waals surface area contributed by atoms with Crippen LogP contribution in [0.5, 0.6) is 0 Å². The van der Waals surface area contributed by atoms with Crippen LogP contribution >= 0.6 is 12.4 Å². The lowest BCUT2D eigenvalue weighted by atomic mass is 10.5. The summed E-state index contributed by atoms with van der Waals surface area (Å²) in [5, 5.41) is 0. The van der Waals surface area contributed by atoms with E-state index in [9.17, 15) is 4.79 Å². The van der Waals surface area contributed by atoms with Gasteiger partial charge in [0.1, 0.15) is 5.69 Å². The van der Waals surface area contributed by atoms with Crippen molar-refractivity contribution >= 4 is 24.3 Å². The van der Waals surface area contributed by atoms with Crippen molar-refractivity contribution in [1.29, 1.82) is 0 Å². The van der Waals surface area contributed by atoms with Gasteiger partial charge in [-0.25, -0.2) is 4.98 Å². The van der Waals surface area contributed by atoms with Crippen LogP contribution in [0.4, 0.5) is 5.95 Å². The van der Waals surface area contributed by atoms with Crippen LogP contribution in [0.3, 0.4) is 0 Å². The van der Waals surface area contributed by atoms with Crippen molar-refractivity contribution in [2.24, 2.45) is 5.73 Å². The number of imidazole rings is 1. The molecule has 0 aliphatic carbocycles. The lowest BCUT2D eigenvalue weighted by Crippen LogP contribution is -2.11. The first-order chi connectivity index (χ1) is 4.20. The Morgan fingerprint density at radius 3 is 2.50 bits per heavy atom. The largest absolute Gasteiger partial charge is 0.369 e. The van der Waals surface area contributed by atoms with Crippen LogP contribution in [-0.2, 0) is 0 Å².